The number of nitrogens with zero attached hydrogens (tertiary/aromatic N) is 1. The standard InChI is InChI=1S/C20H20N4S/c1-12-2-9-18(25-12)13-3-5-14(6-4-13)19(21)20(22)15-7-8-16-17(10-15)24-11-23-16/h2-11,19-20H,21-22H2,1H3,(H,23,24). The second-order valence-corrected chi connectivity index (χ2v) is 7.55. The molecule has 2 heterocycles. The van der Waals surface area contributed by atoms with Gasteiger partial charge in [-0.15, -0.1) is 11.3 Å². The van der Waals surface area contributed by atoms with Gasteiger partial charge in [-0.25, -0.2) is 4.98 Å². The van der Waals surface area contributed by atoms with Crippen molar-refractivity contribution in [1.82, 2.24) is 9.97 Å². The highest BCUT2D eigenvalue weighted by molar-refractivity contribution is 7.15. The number of thiophene rings is 1. The number of rotatable bonds is 4. The molecule has 5 N–H and O–H groups in total. The zero-order valence-electron chi connectivity index (χ0n) is 13.9. The quantitative estimate of drug-likeness (QED) is 0.514. The molecular weight excluding hydrogens is 328 g/mol. The second kappa shape index (κ2) is 6.44. The number of aromatic nitrogens is 2. The highest BCUT2D eigenvalue weighted by Gasteiger charge is 2.18. The Morgan fingerprint density at radius 2 is 1.64 bits per heavy atom. The lowest BCUT2D eigenvalue weighted by atomic mass is 9.94. The number of aromatic amines is 1. The van der Waals surface area contributed by atoms with Crippen LogP contribution in [0.5, 0.6) is 0 Å². The molecule has 2 aromatic carbocycles. The smallest absolute Gasteiger partial charge is 0.0931 e. The Hall–Kier alpha value is -2.47. The van der Waals surface area contributed by atoms with Gasteiger partial charge in [0.15, 0.2) is 0 Å². The molecule has 0 aliphatic carbocycles. The van der Waals surface area contributed by atoms with Crippen molar-refractivity contribution in [3.05, 3.63) is 76.9 Å². The van der Waals surface area contributed by atoms with Gasteiger partial charge in [-0.1, -0.05) is 30.3 Å². The van der Waals surface area contributed by atoms with E-state index in [0.29, 0.717) is 0 Å². The summed E-state index contributed by atoms with van der Waals surface area (Å²) in [5.74, 6) is 0. The topological polar surface area (TPSA) is 80.7 Å². The van der Waals surface area contributed by atoms with E-state index in [0.717, 1.165) is 22.2 Å². The first-order valence-electron chi connectivity index (χ1n) is 8.23. The Kier molecular flexibility index (Phi) is 4.13. The average molecular weight is 348 g/mol. The number of nitrogens with one attached hydrogen (secondary N) is 1. The number of aryl methyl sites for hydroxylation is 1. The summed E-state index contributed by atoms with van der Waals surface area (Å²) in [5.41, 5.74) is 18.0. The summed E-state index contributed by atoms with van der Waals surface area (Å²) in [6.07, 6.45) is 1.69. The van der Waals surface area contributed by atoms with Crippen LogP contribution in [0.1, 0.15) is 28.1 Å². The van der Waals surface area contributed by atoms with Crippen LogP contribution in [0.3, 0.4) is 0 Å². The Bertz CT molecular complexity index is 1000. The van der Waals surface area contributed by atoms with Gasteiger partial charge < -0.3 is 16.5 Å². The summed E-state index contributed by atoms with van der Waals surface area (Å²) in [5, 5.41) is 0. The number of H-pyrrole nitrogens is 1. The molecule has 0 fully saturated rings. The molecule has 126 valence electrons. The van der Waals surface area contributed by atoms with Gasteiger partial charge >= 0.3 is 0 Å². The molecule has 4 nitrogen and oxygen atoms in total. The molecule has 0 bridgehead atoms. The van der Waals surface area contributed by atoms with Crippen molar-refractivity contribution in [3.8, 4) is 10.4 Å². The fraction of sp³-hybridized carbons (Fsp3) is 0.150. The third-order valence-corrected chi connectivity index (χ3v) is 5.59. The van der Waals surface area contributed by atoms with Crippen LogP contribution in [0.25, 0.3) is 21.5 Å². The number of hydrogen-bond donors (Lipinski definition) is 3. The first kappa shape index (κ1) is 16.0. The molecule has 0 amide bonds. The van der Waals surface area contributed by atoms with Crippen LogP contribution in [0.15, 0.2) is 60.9 Å². The zero-order valence-corrected chi connectivity index (χ0v) is 14.8. The summed E-state index contributed by atoms with van der Waals surface area (Å²) in [6, 6.07) is 18.1. The predicted molar refractivity (Wildman–Crippen MR) is 104 cm³/mol. The van der Waals surface area contributed by atoms with E-state index in [1.165, 1.54) is 15.3 Å². The monoisotopic (exact) mass is 348 g/mol. The van der Waals surface area contributed by atoms with E-state index in [-0.39, 0.29) is 12.1 Å². The minimum Gasteiger partial charge on any atom is -0.345 e. The van der Waals surface area contributed by atoms with Gasteiger partial charge in [-0.05, 0) is 47.9 Å². The molecule has 2 aromatic heterocycles. The third-order valence-electron chi connectivity index (χ3n) is 4.54. The molecule has 0 spiro atoms. The number of imidazole rings is 1. The molecular formula is C20H20N4S. The highest BCUT2D eigenvalue weighted by Crippen LogP contribution is 2.31. The summed E-state index contributed by atoms with van der Waals surface area (Å²) >= 11 is 1.79. The van der Waals surface area contributed by atoms with Crippen molar-refractivity contribution in [2.45, 2.75) is 19.0 Å². The van der Waals surface area contributed by atoms with Gasteiger partial charge in [-0.3, -0.25) is 0 Å². The molecule has 2 atom stereocenters. The fourth-order valence-electron chi connectivity index (χ4n) is 3.03. The van der Waals surface area contributed by atoms with Gasteiger partial charge in [0, 0.05) is 21.8 Å². The van der Waals surface area contributed by atoms with Crippen molar-refractivity contribution in [2.75, 3.05) is 0 Å². The Morgan fingerprint density at radius 3 is 2.36 bits per heavy atom. The first-order chi connectivity index (χ1) is 12.1. The van der Waals surface area contributed by atoms with Crippen molar-refractivity contribution >= 4 is 22.4 Å². The average Bonchev–Trinajstić information content (AvgIpc) is 3.28. The van der Waals surface area contributed by atoms with Crippen molar-refractivity contribution < 1.29 is 0 Å². The van der Waals surface area contributed by atoms with E-state index in [4.69, 9.17) is 11.5 Å². The summed E-state index contributed by atoms with van der Waals surface area (Å²) in [7, 11) is 0. The van der Waals surface area contributed by atoms with Crippen molar-refractivity contribution in [2.24, 2.45) is 11.5 Å². The first-order valence-corrected chi connectivity index (χ1v) is 9.04. The molecule has 5 heteroatoms. The summed E-state index contributed by atoms with van der Waals surface area (Å²) in [4.78, 5) is 9.96. The molecule has 2 unspecified atom stereocenters. The van der Waals surface area contributed by atoms with E-state index in [1.807, 2.05) is 18.2 Å². The summed E-state index contributed by atoms with van der Waals surface area (Å²) < 4.78 is 0. The molecule has 4 rings (SSSR count). The molecule has 0 saturated carbocycles. The highest BCUT2D eigenvalue weighted by atomic mass is 32.1. The van der Waals surface area contributed by atoms with Crippen LogP contribution < -0.4 is 11.5 Å². The van der Waals surface area contributed by atoms with Crippen LogP contribution in [-0.2, 0) is 0 Å². The van der Waals surface area contributed by atoms with E-state index in [9.17, 15) is 0 Å². The van der Waals surface area contributed by atoms with Gasteiger partial charge in [0.05, 0.1) is 17.4 Å². The SMILES string of the molecule is Cc1ccc(-c2ccc(C(N)C(N)c3ccc4[nH]cnc4c3)cc2)s1. The maximum absolute atomic E-state index is 6.43. The molecule has 0 saturated heterocycles. The van der Waals surface area contributed by atoms with Crippen molar-refractivity contribution in [3.63, 3.8) is 0 Å². The molecule has 4 aromatic rings. The summed E-state index contributed by atoms with van der Waals surface area (Å²) in [6.45, 7) is 2.12. The van der Waals surface area contributed by atoms with Gasteiger partial charge in [-0.2, -0.15) is 0 Å². The maximum atomic E-state index is 6.43. The molecule has 0 aliphatic heterocycles. The number of hydrogen-bond acceptors (Lipinski definition) is 4. The van der Waals surface area contributed by atoms with Gasteiger partial charge in [0.1, 0.15) is 0 Å². The third kappa shape index (κ3) is 3.09. The largest absolute Gasteiger partial charge is 0.345 e. The molecule has 25 heavy (non-hydrogen) atoms. The lowest BCUT2D eigenvalue weighted by molar-refractivity contribution is 0.575. The van der Waals surface area contributed by atoms with E-state index >= 15 is 0 Å². The fourth-order valence-corrected chi connectivity index (χ4v) is 3.90. The lowest BCUT2D eigenvalue weighted by Gasteiger charge is -2.21. The van der Waals surface area contributed by atoms with Crippen LogP contribution >= 0.6 is 11.3 Å². The van der Waals surface area contributed by atoms with Crippen LogP contribution in [0.2, 0.25) is 0 Å². The Morgan fingerprint density at radius 1 is 0.920 bits per heavy atom. The van der Waals surface area contributed by atoms with Crippen LogP contribution in [-0.4, -0.2) is 9.97 Å². The minimum absolute atomic E-state index is 0.268. The van der Waals surface area contributed by atoms with E-state index in [2.05, 4.69) is 53.3 Å². The molecule has 0 radical (unpaired) electrons. The van der Waals surface area contributed by atoms with Crippen LogP contribution in [0, 0.1) is 6.92 Å². The number of nitrogens with two attached hydrogens (primary N) is 2. The zero-order chi connectivity index (χ0) is 17.4. The lowest BCUT2D eigenvalue weighted by Crippen LogP contribution is -2.26. The van der Waals surface area contributed by atoms with Gasteiger partial charge in [0.2, 0.25) is 0 Å². The maximum Gasteiger partial charge on any atom is 0.0931 e. The normalized spacial score (nSPS) is 13.9. The second-order valence-electron chi connectivity index (χ2n) is 6.26. The molecule has 0 aliphatic rings. The predicted octanol–water partition coefficient (Wildman–Crippen LogP) is 4.30. The number of benzene rings is 2. The Balaban J connectivity index is 1.57. The van der Waals surface area contributed by atoms with E-state index in [1.54, 1.807) is 17.7 Å². The minimum atomic E-state index is -0.282. The Labute approximate surface area is 150 Å². The van der Waals surface area contributed by atoms with Crippen LogP contribution in [0.4, 0.5) is 0 Å². The van der Waals surface area contributed by atoms with Crippen molar-refractivity contribution in [1.29, 1.82) is 0 Å². The van der Waals surface area contributed by atoms with E-state index < -0.39 is 0 Å². The number of fused-ring (bicyclic) bond motifs is 1. The van der Waals surface area contributed by atoms with Gasteiger partial charge in [0.25, 0.3) is 0 Å².